The van der Waals surface area contributed by atoms with E-state index >= 15 is 0 Å². The fourth-order valence-electron chi connectivity index (χ4n) is 2.65. The van der Waals surface area contributed by atoms with Crippen LogP contribution in [0.2, 0.25) is 0 Å². The van der Waals surface area contributed by atoms with Crippen LogP contribution in [0.1, 0.15) is 5.56 Å². The van der Waals surface area contributed by atoms with Gasteiger partial charge in [-0.15, -0.1) is 0 Å². The normalized spacial score (nSPS) is 10.4. The Kier molecular flexibility index (Phi) is 3.43. The first-order valence-electron chi connectivity index (χ1n) is 6.96. The summed E-state index contributed by atoms with van der Waals surface area (Å²) >= 11 is 0. The Labute approximate surface area is 121 Å². The minimum absolute atomic E-state index is 1.26. The van der Waals surface area contributed by atoms with Gasteiger partial charge in [0.2, 0.25) is 0 Å². The van der Waals surface area contributed by atoms with E-state index < -0.39 is 0 Å². The molecule has 1 heteroatoms. The summed E-state index contributed by atoms with van der Waals surface area (Å²) in [6, 6.07) is 26.0. The van der Waals surface area contributed by atoms with Crippen LogP contribution in [0, 0.1) is 6.92 Å². The van der Waals surface area contributed by atoms with Crippen LogP contribution in [0.3, 0.4) is 0 Å². The van der Waals surface area contributed by atoms with Gasteiger partial charge < -0.3 is 0 Å². The SMILES string of the molecule is Bc1cc(C)cc(-c2cccc(-c3ccccc3)c2)c1. The Bertz CT molecular complexity index is 710. The smallest absolute Gasteiger partial charge is 0.0881 e. The second-order valence-corrected chi connectivity index (χ2v) is 5.32. The molecule has 3 aromatic rings. The van der Waals surface area contributed by atoms with E-state index in [2.05, 4.69) is 87.6 Å². The standard InChI is InChI=1S/C19H17B/c1-14-10-18(13-19(20)11-14)17-9-5-8-16(12-17)15-6-3-2-4-7-15/h2-13H,20H2,1H3. The molecule has 0 radical (unpaired) electrons. The molecule has 0 aliphatic carbocycles. The van der Waals surface area contributed by atoms with Gasteiger partial charge in [-0.05, 0) is 35.2 Å². The van der Waals surface area contributed by atoms with Crippen molar-refractivity contribution in [3.05, 3.63) is 78.4 Å². The fourth-order valence-corrected chi connectivity index (χ4v) is 2.65. The van der Waals surface area contributed by atoms with Crippen LogP contribution in [-0.4, -0.2) is 7.85 Å². The quantitative estimate of drug-likeness (QED) is 0.615. The number of hydrogen-bond donors (Lipinski definition) is 0. The summed E-state index contributed by atoms with van der Waals surface area (Å²) in [6.07, 6.45) is 0. The summed E-state index contributed by atoms with van der Waals surface area (Å²) in [4.78, 5) is 0. The van der Waals surface area contributed by atoms with Crippen molar-refractivity contribution in [2.75, 3.05) is 0 Å². The van der Waals surface area contributed by atoms with Crippen molar-refractivity contribution in [2.45, 2.75) is 6.92 Å². The summed E-state index contributed by atoms with van der Waals surface area (Å²) in [7, 11) is 2.15. The highest BCUT2D eigenvalue weighted by Crippen LogP contribution is 2.26. The minimum atomic E-state index is 1.26. The van der Waals surface area contributed by atoms with Gasteiger partial charge in [-0.25, -0.2) is 0 Å². The molecule has 20 heavy (non-hydrogen) atoms. The van der Waals surface area contributed by atoms with Crippen LogP contribution >= 0.6 is 0 Å². The van der Waals surface area contributed by atoms with E-state index in [-0.39, 0.29) is 0 Å². The zero-order valence-electron chi connectivity index (χ0n) is 11.9. The Morgan fingerprint density at radius 3 is 1.95 bits per heavy atom. The lowest BCUT2D eigenvalue weighted by Crippen LogP contribution is -2.02. The lowest BCUT2D eigenvalue weighted by atomic mass is 9.89. The van der Waals surface area contributed by atoms with E-state index in [0.29, 0.717) is 0 Å². The molecule has 0 aromatic heterocycles. The lowest BCUT2D eigenvalue weighted by molar-refractivity contribution is 1.48. The van der Waals surface area contributed by atoms with Crippen molar-refractivity contribution in [1.29, 1.82) is 0 Å². The number of hydrogen-bond acceptors (Lipinski definition) is 0. The van der Waals surface area contributed by atoms with Gasteiger partial charge in [0, 0.05) is 0 Å². The maximum absolute atomic E-state index is 2.27. The second-order valence-electron chi connectivity index (χ2n) is 5.32. The van der Waals surface area contributed by atoms with Gasteiger partial charge in [-0.3, -0.25) is 0 Å². The van der Waals surface area contributed by atoms with Crippen molar-refractivity contribution in [3.8, 4) is 22.3 Å². The highest BCUT2D eigenvalue weighted by Gasteiger charge is 2.02. The zero-order chi connectivity index (χ0) is 13.9. The average molecular weight is 256 g/mol. The molecule has 0 fully saturated rings. The van der Waals surface area contributed by atoms with E-state index in [0.717, 1.165) is 0 Å². The Balaban J connectivity index is 2.07. The average Bonchev–Trinajstić information content (AvgIpc) is 2.47. The second kappa shape index (κ2) is 5.38. The van der Waals surface area contributed by atoms with Crippen LogP contribution < -0.4 is 5.46 Å². The third-order valence-electron chi connectivity index (χ3n) is 3.52. The minimum Gasteiger partial charge on any atom is -0.0881 e. The van der Waals surface area contributed by atoms with Gasteiger partial charge in [0.05, 0.1) is 0 Å². The fraction of sp³-hybridized carbons (Fsp3) is 0.0526. The largest absolute Gasteiger partial charge is 0.139 e. The highest BCUT2D eigenvalue weighted by molar-refractivity contribution is 6.32. The van der Waals surface area contributed by atoms with Crippen LogP contribution in [-0.2, 0) is 0 Å². The molecular formula is C19H17B. The van der Waals surface area contributed by atoms with E-state index in [1.807, 2.05) is 0 Å². The summed E-state index contributed by atoms with van der Waals surface area (Å²) < 4.78 is 0. The van der Waals surface area contributed by atoms with Crippen LogP contribution in [0.15, 0.2) is 72.8 Å². The molecule has 0 nitrogen and oxygen atoms in total. The molecule has 0 amide bonds. The number of benzene rings is 3. The Hall–Kier alpha value is -2.28. The first kappa shape index (κ1) is 12.7. The number of rotatable bonds is 2. The van der Waals surface area contributed by atoms with Gasteiger partial charge in [-0.1, -0.05) is 77.8 Å². The van der Waals surface area contributed by atoms with Crippen molar-refractivity contribution >= 4 is 13.3 Å². The Morgan fingerprint density at radius 2 is 1.25 bits per heavy atom. The molecule has 0 unspecified atom stereocenters. The molecule has 0 heterocycles. The van der Waals surface area contributed by atoms with Gasteiger partial charge in [0.25, 0.3) is 0 Å². The first-order chi connectivity index (χ1) is 9.72. The number of aryl methyl sites for hydroxylation is 1. The van der Waals surface area contributed by atoms with Gasteiger partial charge in [-0.2, -0.15) is 0 Å². The third kappa shape index (κ3) is 2.67. The molecular weight excluding hydrogens is 239 g/mol. The van der Waals surface area contributed by atoms with Gasteiger partial charge >= 0.3 is 0 Å². The van der Waals surface area contributed by atoms with Crippen LogP contribution in [0.25, 0.3) is 22.3 Å². The van der Waals surface area contributed by atoms with Crippen molar-refractivity contribution in [3.63, 3.8) is 0 Å². The van der Waals surface area contributed by atoms with Crippen molar-refractivity contribution in [2.24, 2.45) is 0 Å². The molecule has 0 spiro atoms. The predicted octanol–water partition coefficient (Wildman–Crippen LogP) is 3.59. The topological polar surface area (TPSA) is 0 Å². The first-order valence-corrected chi connectivity index (χ1v) is 6.96. The summed E-state index contributed by atoms with van der Waals surface area (Å²) in [5, 5.41) is 0. The summed E-state index contributed by atoms with van der Waals surface area (Å²) in [6.45, 7) is 2.15. The van der Waals surface area contributed by atoms with Crippen molar-refractivity contribution in [1.82, 2.24) is 0 Å². The molecule has 96 valence electrons. The molecule has 0 atom stereocenters. The molecule has 0 bridgehead atoms. The van der Waals surface area contributed by atoms with E-state index in [9.17, 15) is 0 Å². The molecule has 0 N–H and O–H groups in total. The van der Waals surface area contributed by atoms with E-state index in [1.54, 1.807) is 0 Å². The monoisotopic (exact) mass is 256 g/mol. The van der Waals surface area contributed by atoms with Crippen molar-refractivity contribution < 1.29 is 0 Å². The Morgan fingerprint density at radius 1 is 0.600 bits per heavy atom. The van der Waals surface area contributed by atoms with Gasteiger partial charge in [0.15, 0.2) is 0 Å². The molecule has 3 rings (SSSR count). The van der Waals surface area contributed by atoms with E-state index in [4.69, 9.17) is 0 Å². The van der Waals surface area contributed by atoms with E-state index in [1.165, 1.54) is 33.3 Å². The maximum atomic E-state index is 2.27. The lowest BCUT2D eigenvalue weighted by Gasteiger charge is -2.08. The van der Waals surface area contributed by atoms with Crippen LogP contribution in [0.5, 0.6) is 0 Å². The van der Waals surface area contributed by atoms with Crippen LogP contribution in [0.4, 0.5) is 0 Å². The zero-order valence-corrected chi connectivity index (χ0v) is 11.9. The molecule has 0 saturated carbocycles. The maximum Gasteiger partial charge on any atom is 0.139 e. The summed E-state index contributed by atoms with van der Waals surface area (Å²) in [5.41, 5.74) is 7.72. The molecule has 0 saturated heterocycles. The highest BCUT2D eigenvalue weighted by atomic mass is 14.1. The molecule has 3 aromatic carbocycles. The molecule has 0 aliphatic heterocycles. The van der Waals surface area contributed by atoms with Gasteiger partial charge in [0.1, 0.15) is 7.85 Å². The molecule has 0 aliphatic rings. The summed E-state index contributed by atoms with van der Waals surface area (Å²) in [5.74, 6) is 0. The third-order valence-corrected chi connectivity index (χ3v) is 3.52. The predicted molar refractivity (Wildman–Crippen MR) is 90.2 cm³/mol.